The molecule has 2 atom stereocenters. The molecule has 0 bridgehead atoms. The molecule has 6 nitrogen and oxygen atoms in total. The van der Waals surface area contributed by atoms with Crippen molar-refractivity contribution in [3.63, 3.8) is 0 Å². The third-order valence-electron chi connectivity index (χ3n) is 4.69. The predicted octanol–water partition coefficient (Wildman–Crippen LogP) is 4.72. The number of likely N-dealkylation sites (N-methyl/N-ethyl adjacent to an activating group) is 1. The molecule has 1 aliphatic rings. The van der Waals surface area contributed by atoms with Gasteiger partial charge in [-0.05, 0) is 44.8 Å². The van der Waals surface area contributed by atoms with E-state index in [1.54, 1.807) is 11.8 Å². The smallest absolute Gasteiger partial charge is 0.157 e. The van der Waals surface area contributed by atoms with Gasteiger partial charge in [0.2, 0.25) is 0 Å². The summed E-state index contributed by atoms with van der Waals surface area (Å²) in [4.78, 5) is 11.9. The maximum absolute atomic E-state index is 9.83. The van der Waals surface area contributed by atoms with Crippen molar-refractivity contribution in [2.24, 2.45) is 9.98 Å². The van der Waals surface area contributed by atoms with Crippen molar-refractivity contribution < 1.29 is 10.2 Å². The molecule has 0 amide bonds. The maximum Gasteiger partial charge on any atom is 0.157 e. The first-order chi connectivity index (χ1) is 14.9. The van der Waals surface area contributed by atoms with Crippen LogP contribution < -0.4 is 5.32 Å². The van der Waals surface area contributed by atoms with E-state index < -0.39 is 0 Å². The molecule has 0 spiro atoms. The summed E-state index contributed by atoms with van der Waals surface area (Å²) in [5.41, 5.74) is 1.60. The zero-order valence-corrected chi connectivity index (χ0v) is 21.2. The quantitative estimate of drug-likeness (QED) is 0.131. The summed E-state index contributed by atoms with van der Waals surface area (Å²) in [6, 6.07) is 0.177. The highest BCUT2D eigenvalue weighted by Crippen LogP contribution is 2.26. The van der Waals surface area contributed by atoms with Crippen LogP contribution in [0.4, 0.5) is 0 Å². The van der Waals surface area contributed by atoms with Gasteiger partial charge >= 0.3 is 0 Å². The molecule has 1 rings (SSSR count). The van der Waals surface area contributed by atoms with Crippen LogP contribution in [0.3, 0.4) is 0 Å². The Bertz CT molecular complexity index is 629. The lowest BCUT2D eigenvalue weighted by atomic mass is 9.99. The number of hydrogen-bond acceptors (Lipinski definition) is 7. The topological polar surface area (TPSA) is 80.5 Å². The summed E-state index contributed by atoms with van der Waals surface area (Å²) in [5, 5.41) is 21.3. The predicted molar refractivity (Wildman–Crippen MR) is 138 cm³/mol. The summed E-state index contributed by atoms with van der Waals surface area (Å²) < 4.78 is 0. The molecule has 31 heavy (non-hydrogen) atoms. The number of rotatable bonds is 12. The Morgan fingerprint density at radius 1 is 1.23 bits per heavy atom. The molecule has 0 saturated heterocycles. The second-order valence-electron chi connectivity index (χ2n) is 7.34. The first kappa shape index (κ1) is 29.4. The fourth-order valence-corrected chi connectivity index (χ4v) is 3.60. The van der Waals surface area contributed by atoms with Crippen molar-refractivity contribution in [2.45, 2.75) is 78.4 Å². The SMILES string of the molecule is C=C(NCCCC)/C(N=CCC)=C(\N=C(/C)SCCC)N(C)[C@@H]1C=C[C@H](O)CC1.CO. The zero-order valence-electron chi connectivity index (χ0n) is 20.4. The Morgan fingerprint density at radius 3 is 2.48 bits per heavy atom. The molecule has 0 unspecified atom stereocenters. The normalized spacial score (nSPS) is 19.5. The standard InChI is InChI=1S/C23H40N4OS.CH4O/c1-7-10-16-24-18(4)22(25-15-8-2)23(26-19(5)29-17-9-3)27(6)20-11-13-21(28)14-12-20;1-2/h11,13,15,20-21,24,28H,4,7-10,12,14,16-17H2,1-3,5-6H3;2H,1H3/b23-22-,25-15?,26-19+;/t20-,21+;/m1./s1. The van der Waals surface area contributed by atoms with Crippen LogP contribution in [0, 0.1) is 0 Å². The minimum absolute atomic E-state index is 0.177. The van der Waals surface area contributed by atoms with Gasteiger partial charge in [0.25, 0.3) is 0 Å². The fourth-order valence-electron chi connectivity index (χ4n) is 2.95. The first-order valence-electron chi connectivity index (χ1n) is 11.4. The van der Waals surface area contributed by atoms with Crippen LogP contribution in [0.1, 0.15) is 66.2 Å². The van der Waals surface area contributed by atoms with E-state index in [1.165, 1.54) is 0 Å². The molecule has 0 aromatic heterocycles. The van der Waals surface area contributed by atoms with Gasteiger partial charge in [-0.15, -0.1) is 11.8 Å². The third kappa shape index (κ3) is 11.6. The second-order valence-corrected chi connectivity index (χ2v) is 8.63. The van der Waals surface area contributed by atoms with Crippen LogP contribution in [0.5, 0.6) is 0 Å². The van der Waals surface area contributed by atoms with Crippen LogP contribution in [-0.2, 0) is 0 Å². The van der Waals surface area contributed by atoms with Crippen LogP contribution in [0.25, 0.3) is 0 Å². The summed E-state index contributed by atoms with van der Waals surface area (Å²) in [5.74, 6) is 1.88. The highest BCUT2D eigenvalue weighted by atomic mass is 32.2. The second kappa shape index (κ2) is 18.0. The van der Waals surface area contributed by atoms with E-state index in [0.717, 1.165) is 80.2 Å². The van der Waals surface area contributed by atoms with Crippen LogP contribution in [0.2, 0.25) is 0 Å². The van der Waals surface area contributed by atoms with Crippen LogP contribution in [-0.4, -0.2) is 65.0 Å². The summed E-state index contributed by atoms with van der Waals surface area (Å²) in [6.45, 7) is 13.6. The molecule has 1 aliphatic carbocycles. The zero-order chi connectivity index (χ0) is 23.6. The maximum atomic E-state index is 9.83. The minimum atomic E-state index is -0.347. The largest absolute Gasteiger partial charge is 0.400 e. The van der Waals surface area contributed by atoms with Crippen molar-refractivity contribution in [3.8, 4) is 0 Å². The Balaban J connectivity index is 0.00000436. The van der Waals surface area contributed by atoms with Crippen molar-refractivity contribution in [1.82, 2.24) is 10.2 Å². The lowest BCUT2D eigenvalue weighted by Gasteiger charge is -2.32. The summed E-state index contributed by atoms with van der Waals surface area (Å²) in [6.07, 6.45) is 11.4. The minimum Gasteiger partial charge on any atom is -0.400 e. The Labute approximate surface area is 194 Å². The van der Waals surface area contributed by atoms with E-state index in [-0.39, 0.29) is 12.1 Å². The van der Waals surface area contributed by atoms with Gasteiger partial charge < -0.3 is 20.4 Å². The van der Waals surface area contributed by atoms with E-state index in [1.807, 2.05) is 12.3 Å². The van der Waals surface area contributed by atoms with Crippen molar-refractivity contribution in [1.29, 1.82) is 0 Å². The van der Waals surface area contributed by atoms with Gasteiger partial charge in [-0.3, -0.25) is 4.99 Å². The molecule has 0 aromatic carbocycles. The number of aliphatic imine (C=N–C) groups is 2. The molecule has 3 N–H and O–H groups in total. The van der Waals surface area contributed by atoms with Gasteiger partial charge in [-0.25, -0.2) is 4.99 Å². The average Bonchev–Trinajstić information content (AvgIpc) is 2.78. The monoisotopic (exact) mass is 452 g/mol. The molecule has 178 valence electrons. The number of aliphatic hydroxyl groups is 2. The van der Waals surface area contributed by atoms with E-state index in [0.29, 0.717) is 0 Å². The van der Waals surface area contributed by atoms with Gasteiger partial charge in [-0.1, -0.05) is 45.9 Å². The van der Waals surface area contributed by atoms with Gasteiger partial charge in [0.15, 0.2) is 5.82 Å². The summed E-state index contributed by atoms with van der Waals surface area (Å²) in [7, 11) is 3.06. The van der Waals surface area contributed by atoms with Crippen LogP contribution in [0.15, 0.2) is 45.9 Å². The van der Waals surface area contributed by atoms with Gasteiger partial charge in [0, 0.05) is 33.0 Å². The molecule has 7 heteroatoms. The van der Waals surface area contributed by atoms with E-state index in [9.17, 15) is 5.11 Å². The summed E-state index contributed by atoms with van der Waals surface area (Å²) >= 11 is 1.77. The van der Waals surface area contributed by atoms with Gasteiger partial charge in [0.1, 0.15) is 5.70 Å². The van der Waals surface area contributed by atoms with E-state index >= 15 is 0 Å². The number of unbranched alkanes of at least 4 members (excludes halogenated alkanes) is 1. The Kier molecular flexibility index (Phi) is 17.1. The molecular weight excluding hydrogens is 408 g/mol. The molecule has 0 aromatic rings. The average molecular weight is 453 g/mol. The number of nitrogens with zero attached hydrogens (tertiary/aromatic N) is 3. The highest BCUT2D eigenvalue weighted by molar-refractivity contribution is 8.13. The highest BCUT2D eigenvalue weighted by Gasteiger charge is 2.23. The Morgan fingerprint density at radius 2 is 1.94 bits per heavy atom. The molecule has 0 heterocycles. The van der Waals surface area contributed by atoms with Crippen molar-refractivity contribution in [2.75, 3.05) is 26.5 Å². The van der Waals surface area contributed by atoms with Gasteiger partial charge in [-0.2, -0.15) is 0 Å². The number of nitrogens with one attached hydrogen (secondary N) is 1. The molecule has 0 fully saturated rings. The Hall–Kier alpha value is -1.57. The number of thioether (sulfide) groups is 1. The molecule has 0 saturated carbocycles. The number of aliphatic hydroxyl groups excluding tert-OH is 2. The lowest BCUT2D eigenvalue weighted by Crippen LogP contribution is -2.33. The first-order valence-corrected chi connectivity index (χ1v) is 12.3. The number of hydrogen-bond donors (Lipinski definition) is 3. The van der Waals surface area contributed by atoms with E-state index in [4.69, 9.17) is 15.1 Å². The lowest BCUT2D eigenvalue weighted by molar-refractivity contribution is 0.183. The fraction of sp³-hybridized carbons (Fsp3) is 0.667. The molecular formula is C24H44N4O2S. The molecule has 0 aliphatic heterocycles. The third-order valence-corrected chi connectivity index (χ3v) is 5.81. The van der Waals surface area contributed by atoms with Crippen LogP contribution >= 0.6 is 11.8 Å². The van der Waals surface area contributed by atoms with Crippen molar-refractivity contribution >= 4 is 23.0 Å². The van der Waals surface area contributed by atoms with Crippen molar-refractivity contribution in [3.05, 3.63) is 35.9 Å². The van der Waals surface area contributed by atoms with Gasteiger partial charge in [0.05, 0.1) is 16.8 Å². The molecule has 0 radical (unpaired) electrons. The van der Waals surface area contributed by atoms with E-state index in [2.05, 4.69) is 57.6 Å².